The molecule has 1 saturated heterocycles. The normalized spacial score (nSPS) is 19.6. The highest BCUT2D eigenvalue weighted by atomic mass is 16.5. The van der Waals surface area contributed by atoms with Crippen LogP contribution in [0.3, 0.4) is 0 Å². The van der Waals surface area contributed by atoms with Crippen molar-refractivity contribution in [2.45, 2.75) is 58.8 Å². The third-order valence-corrected chi connectivity index (χ3v) is 6.28. The summed E-state index contributed by atoms with van der Waals surface area (Å²) in [7, 11) is 0. The number of carbonyl (C=O) groups excluding carboxylic acids is 1. The van der Waals surface area contributed by atoms with Crippen LogP contribution >= 0.6 is 0 Å². The average Bonchev–Trinajstić information content (AvgIpc) is 3.16. The summed E-state index contributed by atoms with van der Waals surface area (Å²) in [5, 5.41) is 10.4. The van der Waals surface area contributed by atoms with E-state index in [0.29, 0.717) is 22.8 Å². The number of carbonyl (C=O) groups is 1. The Morgan fingerprint density at radius 1 is 1.24 bits per heavy atom. The first kappa shape index (κ1) is 19.9. The van der Waals surface area contributed by atoms with Gasteiger partial charge >= 0.3 is 0 Å². The highest BCUT2D eigenvalue weighted by Gasteiger charge is 2.25. The minimum absolute atomic E-state index is 0.227. The van der Waals surface area contributed by atoms with Crippen LogP contribution in [0.15, 0.2) is 34.9 Å². The van der Waals surface area contributed by atoms with Crippen LogP contribution in [0.25, 0.3) is 5.57 Å². The lowest BCUT2D eigenvalue weighted by Crippen LogP contribution is -2.26. The summed E-state index contributed by atoms with van der Waals surface area (Å²) >= 11 is 0. The standard InChI is InChI=1S/C24H31N3O2/c1-16-14-22(27-29-16)23(28)26-21-5-4-19(17-8-12-25-13-9-17)15-20(21)18-6-10-24(2,3)11-7-18/h4-6,14-15,17,25H,7-13H2,1-3H3,(H,26,28). The van der Waals surface area contributed by atoms with Gasteiger partial charge in [-0.25, -0.2) is 0 Å². The molecule has 2 aromatic rings. The van der Waals surface area contributed by atoms with Gasteiger partial charge in [-0.3, -0.25) is 4.79 Å². The SMILES string of the molecule is Cc1cc(C(=O)Nc2ccc(C3CCNCC3)cc2C2=CCC(C)(C)CC2)no1. The van der Waals surface area contributed by atoms with E-state index in [0.717, 1.165) is 56.4 Å². The predicted molar refractivity (Wildman–Crippen MR) is 116 cm³/mol. The number of nitrogens with zero attached hydrogens (tertiary/aromatic N) is 1. The van der Waals surface area contributed by atoms with Crippen LogP contribution < -0.4 is 10.6 Å². The van der Waals surface area contributed by atoms with Crippen LogP contribution in [0.4, 0.5) is 5.69 Å². The summed E-state index contributed by atoms with van der Waals surface area (Å²) < 4.78 is 5.06. The van der Waals surface area contributed by atoms with E-state index in [1.54, 1.807) is 13.0 Å². The van der Waals surface area contributed by atoms with E-state index in [-0.39, 0.29) is 5.91 Å². The van der Waals surface area contributed by atoms with Crippen molar-refractivity contribution in [2.75, 3.05) is 18.4 Å². The van der Waals surface area contributed by atoms with Crippen LogP contribution in [0.5, 0.6) is 0 Å². The lowest BCUT2D eigenvalue weighted by molar-refractivity contribution is 0.101. The molecule has 2 aliphatic rings. The lowest BCUT2D eigenvalue weighted by atomic mass is 9.76. The quantitative estimate of drug-likeness (QED) is 0.740. The van der Waals surface area contributed by atoms with Gasteiger partial charge in [0, 0.05) is 17.3 Å². The number of aryl methyl sites for hydroxylation is 1. The maximum Gasteiger partial charge on any atom is 0.277 e. The first-order valence-corrected chi connectivity index (χ1v) is 10.7. The Labute approximate surface area is 172 Å². The first-order chi connectivity index (χ1) is 13.9. The van der Waals surface area contributed by atoms with Gasteiger partial charge in [-0.05, 0) is 86.7 Å². The molecule has 0 atom stereocenters. The molecule has 29 heavy (non-hydrogen) atoms. The zero-order chi connectivity index (χ0) is 20.4. The molecule has 0 spiro atoms. The predicted octanol–water partition coefficient (Wildman–Crippen LogP) is 5.30. The van der Waals surface area contributed by atoms with Crippen molar-refractivity contribution in [3.63, 3.8) is 0 Å². The smallest absolute Gasteiger partial charge is 0.277 e. The van der Waals surface area contributed by atoms with Gasteiger partial charge in [0.1, 0.15) is 5.76 Å². The second-order valence-electron chi connectivity index (χ2n) is 9.20. The molecular weight excluding hydrogens is 362 g/mol. The Bertz CT molecular complexity index is 920. The van der Waals surface area contributed by atoms with E-state index in [4.69, 9.17) is 4.52 Å². The van der Waals surface area contributed by atoms with Gasteiger partial charge in [0.25, 0.3) is 5.91 Å². The summed E-state index contributed by atoms with van der Waals surface area (Å²) in [6, 6.07) is 8.22. The van der Waals surface area contributed by atoms with E-state index in [1.165, 1.54) is 11.1 Å². The van der Waals surface area contributed by atoms with E-state index in [9.17, 15) is 4.79 Å². The Morgan fingerprint density at radius 2 is 2.03 bits per heavy atom. The van der Waals surface area contributed by atoms with Gasteiger partial charge in [0.2, 0.25) is 0 Å². The molecule has 2 heterocycles. The molecule has 1 aromatic carbocycles. The highest BCUT2D eigenvalue weighted by Crippen LogP contribution is 2.41. The summed E-state index contributed by atoms with van der Waals surface area (Å²) in [6.07, 6.45) is 7.95. The van der Waals surface area contributed by atoms with Crippen LogP contribution in [-0.4, -0.2) is 24.2 Å². The molecule has 1 aliphatic heterocycles. The molecule has 2 N–H and O–H groups in total. The average molecular weight is 394 g/mol. The van der Waals surface area contributed by atoms with Crippen molar-refractivity contribution in [1.29, 1.82) is 0 Å². The minimum Gasteiger partial charge on any atom is -0.361 e. The summed E-state index contributed by atoms with van der Waals surface area (Å²) in [4.78, 5) is 12.7. The topological polar surface area (TPSA) is 67.2 Å². The summed E-state index contributed by atoms with van der Waals surface area (Å²) in [5.74, 6) is 0.988. The number of piperidine rings is 1. The van der Waals surface area contributed by atoms with Gasteiger partial charge in [-0.2, -0.15) is 0 Å². The zero-order valence-electron chi connectivity index (χ0n) is 17.7. The van der Waals surface area contributed by atoms with Gasteiger partial charge in [0.05, 0.1) is 0 Å². The monoisotopic (exact) mass is 393 g/mol. The van der Waals surface area contributed by atoms with E-state index < -0.39 is 0 Å². The van der Waals surface area contributed by atoms with Gasteiger partial charge in [-0.15, -0.1) is 0 Å². The van der Waals surface area contributed by atoms with Gasteiger partial charge < -0.3 is 15.2 Å². The molecule has 1 fully saturated rings. The number of hydrogen-bond donors (Lipinski definition) is 2. The van der Waals surface area contributed by atoms with Crippen LogP contribution in [0.2, 0.25) is 0 Å². The Morgan fingerprint density at radius 3 is 2.69 bits per heavy atom. The molecular formula is C24H31N3O2. The number of allylic oxidation sites excluding steroid dienone is 2. The van der Waals surface area contributed by atoms with E-state index >= 15 is 0 Å². The highest BCUT2D eigenvalue weighted by molar-refractivity contribution is 6.04. The third kappa shape index (κ3) is 4.61. The minimum atomic E-state index is -0.227. The van der Waals surface area contributed by atoms with Crippen LogP contribution in [0.1, 0.15) is 79.2 Å². The van der Waals surface area contributed by atoms with Crippen molar-refractivity contribution in [2.24, 2.45) is 5.41 Å². The van der Waals surface area contributed by atoms with Gasteiger partial charge in [0.15, 0.2) is 5.69 Å². The van der Waals surface area contributed by atoms with Crippen molar-refractivity contribution < 1.29 is 9.32 Å². The van der Waals surface area contributed by atoms with E-state index in [1.807, 2.05) is 0 Å². The van der Waals surface area contributed by atoms with E-state index in [2.05, 4.69) is 53.9 Å². The first-order valence-electron chi connectivity index (χ1n) is 10.7. The van der Waals surface area contributed by atoms with Crippen molar-refractivity contribution in [1.82, 2.24) is 10.5 Å². The Balaban J connectivity index is 1.66. The number of benzene rings is 1. The molecule has 1 aliphatic carbocycles. The largest absolute Gasteiger partial charge is 0.361 e. The fraction of sp³-hybridized carbons (Fsp3) is 0.500. The van der Waals surface area contributed by atoms with Crippen LogP contribution in [-0.2, 0) is 0 Å². The van der Waals surface area contributed by atoms with Gasteiger partial charge in [-0.1, -0.05) is 31.1 Å². The maximum absolute atomic E-state index is 12.7. The summed E-state index contributed by atoms with van der Waals surface area (Å²) in [6.45, 7) is 8.57. The molecule has 1 amide bonds. The molecule has 0 saturated carbocycles. The third-order valence-electron chi connectivity index (χ3n) is 6.28. The molecule has 5 nitrogen and oxygen atoms in total. The number of hydrogen-bond acceptors (Lipinski definition) is 4. The molecule has 0 unspecified atom stereocenters. The zero-order valence-corrected chi connectivity index (χ0v) is 17.7. The fourth-order valence-electron chi connectivity index (χ4n) is 4.33. The van der Waals surface area contributed by atoms with Crippen LogP contribution in [0, 0.1) is 12.3 Å². The van der Waals surface area contributed by atoms with Crippen molar-refractivity contribution >= 4 is 17.2 Å². The second-order valence-corrected chi connectivity index (χ2v) is 9.20. The number of rotatable bonds is 4. The fourth-order valence-corrected chi connectivity index (χ4v) is 4.33. The Hall–Kier alpha value is -2.40. The molecule has 0 bridgehead atoms. The second kappa shape index (κ2) is 8.15. The number of amides is 1. The summed E-state index contributed by atoms with van der Waals surface area (Å²) in [5.41, 5.74) is 5.39. The molecule has 4 rings (SSSR count). The number of aromatic nitrogens is 1. The molecule has 5 heteroatoms. The maximum atomic E-state index is 12.7. The molecule has 154 valence electrons. The molecule has 1 aromatic heterocycles. The lowest BCUT2D eigenvalue weighted by Gasteiger charge is -2.30. The molecule has 0 radical (unpaired) electrons. The Kier molecular flexibility index (Phi) is 5.59. The van der Waals surface area contributed by atoms with Crippen molar-refractivity contribution in [3.05, 3.63) is 52.9 Å². The number of nitrogens with one attached hydrogen (secondary N) is 2. The van der Waals surface area contributed by atoms with Crippen molar-refractivity contribution in [3.8, 4) is 0 Å². The number of anilines is 1.